The van der Waals surface area contributed by atoms with Crippen LogP contribution in [0.25, 0.3) is 0 Å². The predicted octanol–water partition coefficient (Wildman–Crippen LogP) is 10.4. The van der Waals surface area contributed by atoms with Crippen LogP contribution in [-0.4, -0.2) is 36.2 Å². The first-order valence-corrected chi connectivity index (χ1v) is 22.3. The molecule has 0 unspecified atom stereocenters. The van der Waals surface area contributed by atoms with E-state index in [1.807, 2.05) is 13.8 Å². The molecule has 0 aromatic heterocycles. The van der Waals surface area contributed by atoms with Crippen molar-refractivity contribution in [3.05, 3.63) is 164 Å². The van der Waals surface area contributed by atoms with Crippen molar-refractivity contribution in [1.29, 1.82) is 0 Å². The van der Waals surface area contributed by atoms with Gasteiger partial charge in [0, 0.05) is 51.6 Å². The van der Waals surface area contributed by atoms with E-state index in [-0.39, 0.29) is 9.79 Å². The van der Waals surface area contributed by atoms with Crippen LogP contribution in [0.15, 0.2) is 141 Å². The van der Waals surface area contributed by atoms with Crippen molar-refractivity contribution in [1.82, 2.24) is 0 Å². The molecule has 7 rings (SSSR count). The van der Waals surface area contributed by atoms with Crippen molar-refractivity contribution in [3.63, 3.8) is 0 Å². The predicted molar refractivity (Wildman–Crippen MR) is 228 cm³/mol. The Hall–Kier alpha value is -4.58. The summed E-state index contributed by atoms with van der Waals surface area (Å²) in [6.07, 6.45) is 10.8. The highest BCUT2D eigenvalue weighted by molar-refractivity contribution is 7.86. The molecule has 2 N–H and O–H groups in total. The van der Waals surface area contributed by atoms with Gasteiger partial charge in [-0.25, -0.2) is 0 Å². The van der Waals surface area contributed by atoms with Crippen molar-refractivity contribution in [2.45, 2.75) is 94.5 Å². The van der Waals surface area contributed by atoms with E-state index in [1.165, 1.54) is 12.1 Å². The number of hydrogen-bond acceptors (Lipinski definition) is 5. The number of rotatable bonds is 9. The van der Waals surface area contributed by atoms with Crippen LogP contribution in [-0.2, 0) is 44.2 Å². The molecule has 0 saturated carbocycles. The lowest BCUT2D eigenvalue weighted by molar-refractivity contribution is -0.455. The van der Waals surface area contributed by atoms with Crippen LogP contribution in [0.5, 0.6) is 0 Å². The molecule has 1 aliphatic carbocycles. The first kappa shape index (κ1) is 40.6. The number of benzene rings is 4. The van der Waals surface area contributed by atoms with E-state index >= 15 is 0 Å². The van der Waals surface area contributed by atoms with Gasteiger partial charge in [-0.3, -0.25) is 9.11 Å². The second-order valence-corrected chi connectivity index (χ2v) is 19.6. The summed E-state index contributed by atoms with van der Waals surface area (Å²) < 4.78 is 70.7. The molecule has 2 heterocycles. The van der Waals surface area contributed by atoms with E-state index in [2.05, 4.69) is 110 Å². The highest BCUT2D eigenvalue weighted by Crippen LogP contribution is 2.49. The van der Waals surface area contributed by atoms with Gasteiger partial charge in [0.1, 0.15) is 0 Å². The van der Waals surface area contributed by atoms with Gasteiger partial charge in [-0.15, -0.1) is 0 Å². The molecule has 0 spiro atoms. The lowest BCUT2D eigenvalue weighted by atomic mass is 9.81. The van der Waals surface area contributed by atoms with Crippen LogP contribution in [0.3, 0.4) is 0 Å². The minimum atomic E-state index is -4.40. The fraction of sp³-hybridized carbons (Fsp3) is 0.283. The lowest BCUT2D eigenvalue weighted by Gasteiger charge is -2.27. The van der Waals surface area contributed by atoms with Gasteiger partial charge in [-0.1, -0.05) is 97.3 Å². The average molecular weight is 824 g/mol. The summed E-state index contributed by atoms with van der Waals surface area (Å²) in [5, 5.41) is 0.675. The van der Waals surface area contributed by atoms with Crippen molar-refractivity contribution in [2.24, 2.45) is 0 Å². The normalized spacial score (nSPS) is 19.3. The van der Waals surface area contributed by atoms with Crippen molar-refractivity contribution in [2.75, 3.05) is 4.90 Å². The largest absolute Gasteiger partial charge is 0.340 e. The molecule has 57 heavy (non-hydrogen) atoms. The van der Waals surface area contributed by atoms with Gasteiger partial charge in [-0.05, 0) is 106 Å². The van der Waals surface area contributed by atoms with E-state index in [0.717, 1.165) is 86.6 Å². The fourth-order valence-electron chi connectivity index (χ4n) is 8.29. The zero-order valence-electron chi connectivity index (χ0n) is 33.0. The van der Waals surface area contributed by atoms with Crippen LogP contribution < -0.4 is 4.90 Å². The Morgan fingerprint density at radius 1 is 0.719 bits per heavy atom. The standard InChI is InChI=1S/C46H47ClN2O6S2/c1-30-10-14-32(15-11-30)28-48-40-22-20-36(56(50,51)52)26-38(40)45(3,4)42(48)24-18-34-8-7-9-35(44(34)47)19-25-43-46(5,6)39-27-37(57(53,54)55)21-23-41(39)49(43)29-33-16-12-31(2)13-17-33/h10-27H,7-9,28-29H2,1-6H3,(H-,50,51,52,53,54,55)/p+1. The number of halogens is 1. The van der Waals surface area contributed by atoms with Crippen molar-refractivity contribution >= 4 is 48.9 Å². The van der Waals surface area contributed by atoms with Gasteiger partial charge in [0.15, 0.2) is 12.3 Å². The Balaban J connectivity index is 1.28. The quantitative estimate of drug-likeness (QED) is 0.128. The maximum atomic E-state index is 12.2. The first-order chi connectivity index (χ1) is 26.7. The molecule has 0 amide bonds. The number of nitrogens with zero attached hydrogens (tertiary/aromatic N) is 2. The summed E-state index contributed by atoms with van der Waals surface area (Å²) in [4.78, 5) is 1.93. The molecule has 296 valence electrons. The third-order valence-electron chi connectivity index (χ3n) is 11.6. The molecule has 3 aliphatic rings. The topological polar surface area (TPSA) is 115 Å². The molecule has 4 aromatic carbocycles. The molecule has 0 bridgehead atoms. The highest BCUT2D eigenvalue weighted by atomic mass is 35.5. The Labute approximate surface area is 341 Å². The SMILES string of the molecule is Cc1ccc(CN2/C(=C\C=C3\CCCC(/C=C/C4=[N+](Cc5ccc(C)cc5)c5ccc(S(=O)(=O)O)cc5C4(C)C)=C3Cl)C(C)(C)c3cc(S(=O)(=O)O)ccc32)cc1. The van der Waals surface area contributed by atoms with Gasteiger partial charge in [0.05, 0.1) is 15.2 Å². The molecule has 0 atom stereocenters. The second kappa shape index (κ2) is 15.0. The molecule has 8 nitrogen and oxygen atoms in total. The number of allylic oxidation sites excluding steroid dienone is 8. The van der Waals surface area contributed by atoms with E-state index in [4.69, 9.17) is 11.6 Å². The van der Waals surface area contributed by atoms with E-state index in [9.17, 15) is 25.9 Å². The van der Waals surface area contributed by atoms with Gasteiger partial charge >= 0.3 is 0 Å². The van der Waals surface area contributed by atoms with E-state index < -0.39 is 31.1 Å². The zero-order valence-corrected chi connectivity index (χ0v) is 35.4. The van der Waals surface area contributed by atoms with Gasteiger partial charge in [0.25, 0.3) is 20.2 Å². The zero-order chi connectivity index (χ0) is 41.1. The molecule has 2 aliphatic heterocycles. The Bertz CT molecular complexity index is 2670. The van der Waals surface area contributed by atoms with Gasteiger partial charge < -0.3 is 4.90 Å². The maximum Gasteiger partial charge on any atom is 0.294 e. The monoisotopic (exact) mass is 823 g/mol. The number of aryl methyl sites for hydroxylation is 2. The number of fused-ring (bicyclic) bond motifs is 2. The number of anilines is 1. The molecule has 11 heteroatoms. The smallest absolute Gasteiger partial charge is 0.294 e. The van der Waals surface area contributed by atoms with Crippen LogP contribution in [0.1, 0.15) is 80.3 Å². The molecular weight excluding hydrogens is 776 g/mol. The maximum absolute atomic E-state index is 12.2. The lowest BCUT2D eigenvalue weighted by Crippen LogP contribution is -2.27. The summed E-state index contributed by atoms with van der Waals surface area (Å²) in [5.74, 6) is 0. The summed E-state index contributed by atoms with van der Waals surface area (Å²) in [7, 11) is -8.80. The van der Waals surface area contributed by atoms with Crippen LogP contribution in [0.2, 0.25) is 0 Å². The Kier molecular flexibility index (Phi) is 10.7. The minimum absolute atomic E-state index is 0.137. The van der Waals surface area contributed by atoms with Crippen LogP contribution in [0.4, 0.5) is 11.4 Å². The van der Waals surface area contributed by atoms with Gasteiger partial charge in [0.2, 0.25) is 5.69 Å². The molecule has 0 radical (unpaired) electrons. The molecule has 0 saturated heterocycles. The van der Waals surface area contributed by atoms with Crippen LogP contribution in [0, 0.1) is 13.8 Å². The third-order valence-corrected chi connectivity index (χ3v) is 13.8. The highest BCUT2D eigenvalue weighted by Gasteiger charge is 2.45. The summed E-state index contributed by atoms with van der Waals surface area (Å²) >= 11 is 7.25. The summed E-state index contributed by atoms with van der Waals surface area (Å²) in [6.45, 7) is 13.5. The second-order valence-electron chi connectivity index (χ2n) is 16.4. The Morgan fingerprint density at radius 3 is 1.91 bits per heavy atom. The van der Waals surface area contributed by atoms with Crippen LogP contribution >= 0.6 is 11.6 Å². The average Bonchev–Trinajstić information content (AvgIpc) is 3.49. The number of hydrogen-bond donors (Lipinski definition) is 2. The summed E-state index contributed by atoms with van der Waals surface area (Å²) in [5.41, 5.74) is 10.6. The Morgan fingerprint density at radius 2 is 1.30 bits per heavy atom. The van der Waals surface area contributed by atoms with Crippen molar-refractivity contribution < 1.29 is 30.5 Å². The van der Waals surface area contributed by atoms with Gasteiger partial charge in [-0.2, -0.15) is 21.4 Å². The molecule has 0 fully saturated rings. The van der Waals surface area contributed by atoms with E-state index in [0.29, 0.717) is 18.1 Å². The third kappa shape index (κ3) is 7.98. The fourth-order valence-corrected chi connectivity index (χ4v) is 9.62. The van der Waals surface area contributed by atoms with Crippen molar-refractivity contribution in [3.8, 4) is 0 Å². The molecule has 4 aromatic rings. The first-order valence-electron chi connectivity index (χ1n) is 19.0. The summed E-state index contributed by atoms with van der Waals surface area (Å²) in [6, 6.07) is 26.3. The molecular formula is C46H48ClN2O6S2+. The van der Waals surface area contributed by atoms with E-state index in [1.54, 1.807) is 24.3 Å². The minimum Gasteiger partial charge on any atom is -0.340 e.